The average Bonchev–Trinajstić information content (AvgIpc) is 4.10. The quantitative estimate of drug-likeness (QED) is 0.112. The fourth-order valence-corrected chi connectivity index (χ4v) is 8.38. The van der Waals surface area contributed by atoms with E-state index in [1.807, 2.05) is 39.1 Å². The summed E-state index contributed by atoms with van der Waals surface area (Å²) in [5.41, 5.74) is 17.0. The number of aromatic amines is 3. The Balaban J connectivity index is 0.000000144. The Bertz CT molecular complexity index is 3130. The highest BCUT2D eigenvalue weighted by molar-refractivity contribution is 6.05. The van der Waals surface area contributed by atoms with Crippen molar-refractivity contribution in [3.8, 4) is 0 Å². The minimum atomic E-state index is -0.406. The van der Waals surface area contributed by atoms with Gasteiger partial charge in [-0.3, -0.25) is 14.7 Å². The topological polar surface area (TPSA) is 131 Å². The second-order valence-electron chi connectivity index (χ2n) is 24.1. The fourth-order valence-electron chi connectivity index (χ4n) is 8.38. The standard InChI is InChI=1S/C14H19NO.C12H16N2.C12H15NO.C12H15N.C11H14N2/c1-13(2,3)9-6-7-11-10(8-9)14(4,5)12(16)15-11;1-8-13-10-6-5-9(12(2,3)4)7-11(10)14-8;1-12(2,3)9-4-5-10-8(6-9)7-11(14)13-10;1-8(2)10-4-5-12-11(6-10)9(3)7-13-12;1-11(2,3)9-4-5-10-8(6-9)7-12-13-10/h6-8H,1-5H3,(H,15,16);5-7H,1-4H3,(H,13,14);4-6H,7H2,1-3H3,(H,13,14);4-8,13H,1-3H3;4-7H,1-3H3,(H,12,13). The molecule has 2 amide bonds. The van der Waals surface area contributed by atoms with Crippen molar-refractivity contribution >= 4 is 56.0 Å². The van der Waals surface area contributed by atoms with E-state index in [0.29, 0.717) is 12.3 Å². The van der Waals surface area contributed by atoms with Crippen molar-refractivity contribution < 1.29 is 9.59 Å². The number of aromatic nitrogens is 5. The number of hydrogen-bond acceptors (Lipinski definition) is 4. The molecule has 5 N–H and O–H groups in total. The van der Waals surface area contributed by atoms with Crippen LogP contribution in [0.5, 0.6) is 0 Å². The van der Waals surface area contributed by atoms with Gasteiger partial charge in [-0.1, -0.05) is 139 Å². The minimum Gasteiger partial charge on any atom is -0.361 e. The fraction of sp³-hybridized carbons (Fsp3) is 0.410. The van der Waals surface area contributed by atoms with Gasteiger partial charge in [0.15, 0.2) is 0 Å². The van der Waals surface area contributed by atoms with Crippen LogP contribution in [0.2, 0.25) is 0 Å². The molecule has 0 saturated carbocycles. The lowest BCUT2D eigenvalue weighted by atomic mass is 9.80. The van der Waals surface area contributed by atoms with Gasteiger partial charge in [-0.15, -0.1) is 0 Å². The lowest BCUT2D eigenvalue weighted by Crippen LogP contribution is -2.27. The molecule has 5 aromatic carbocycles. The third-order valence-corrected chi connectivity index (χ3v) is 13.3. The number of H-pyrrole nitrogens is 3. The molecule has 0 unspecified atom stereocenters. The number of hydrogen-bond donors (Lipinski definition) is 5. The number of benzene rings is 5. The molecule has 8 aromatic rings. The third kappa shape index (κ3) is 12.6. The number of carbonyl (C=O) groups is 2. The van der Waals surface area contributed by atoms with E-state index < -0.39 is 5.41 Å². The van der Waals surface area contributed by atoms with Crippen LogP contribution in [0.1, 0.15) is 167 Å². The molecule has 9 heteroatoms. The van der Waals surface area contributed by atoms with Gasteiger partial charge in [-0.2, -0.15) is 5.10 Å². The number of carbonyl (C=O) groups excluding carboxylic acids is 2. The number of aryl methyl sites for hydroxylation is 2. The Hall–Kier alpha value is -6.48. The molecule has 370 valence electrons. The van der Waals surface area contributed by atoms with E-state index in [0.717, 1.165) is 44.9 Å². The molecule has 3 aromatic heterocycles. The Morgan fingerprint density at radius 2 is 1.16 bits per heavy atom. The zero-order valence-corrected chi connectivity index (χ0v) is 45.3. The maximum absolute atomic E-state index is 11.8. The van der Waals surface area contributed by atoms with E-state index in [1.165, 1.54) is 49.7 Å². The smallest absolute Gasteiger partial charge is 0.234 e. The van der Waals surface area contributed by atoms with Gasteiger partial charge in [0, 0.05) is 33.9 Å². The van der Waals surface area contributed by atoms with Gasteiger partial charge in [0.05, 0.1) is 34.6 Å². The summed E-state index contributed by atoms with van der Waals surface area (Å²) in [7, 11) is 0. The Morgan fingerprint density at radius 3 is 1.79 bits per heavy atom. The highest BCUT2D eigenvalue weighted by Gasteiger charge is 2.38. The molecule has 2 aliphatic heterocycles. The minimum absolute atomic E-state index is 0.0913. The summed E-state index contributed by atoms with van der Waals surface area (Å²) < 4.78 is 0. The molecule has 5 heterocycles. The second-order valence-corrected chi connectivity index (χ2v) is 24.1. The predicted molar refractivity (Wildman–Crippen MR) is 296 cm³/mol. The number of amides is 2. The summed E-state index contributed by atoms with van der Waals surface area (Å²) in [5.74, 6) is 1.78. The first-order chi connectivity index (χ1) is 32.4. The summed E-state index contributed by atoms with van der Waals surface area (Å²) in [5, 5.41) is 15.3. The molecule has 0 atom stereocenters. The number of anilines is 2. The van der Waals surface area contributed by atoms with Crippen molar-refractivity contribution in [1.29, 1.82) is 0 Å². The van der Waals surface area contributed by atoms with Crippen LogP contribution in [-0.2, 0) is 43.1 Å². The molecule has 0 fully saturated rings. The molecular formula is C61H79N7O2. The maximum atomic E-state index is 11.8. The van der Waals surface area contributed by atoms with E-state index in [2.05, 4.69) is 225 Å². The van der Waals surface area contributed by atoms with Gasteiger partial charge in [0.1, 0.15) is 5.82 Å². The number of nitrogens with one attached hydrogen (secondary N) is 5. The van der Waals surface area contributed by atoms with E-state index >= 15 is 0 Å². The molecule has 10 rings (SSSR count). The van der Waals surface area contributed by atoms with E-state index in [4.69, 9.17) is 0 Å². The van der Waals surface area contributed by atoms with Gasteiger partial charge < -0.3 is 20.6 Å². The predicted octanol–water partition coefficient (Wildman–Crippen LogP) is 15.3. The number of fused-ring (bicyclic) bond motifs is 5. The molecule has 70 heavy (non-hydrogen) atoms. The highest BCUT2D eigenvalue weighted by atomic mass is 16.2. The van der Waals surface area contributed by atoms with Crippen LogP contribution in [-0.4, -0.2) is 37.0 Å². The Labute approximate surface area is 417 Å². The Morgan fingerprint density at radius 1 is 0.600 bits per heavy atom. The third-order valence-electron chi connectivity index (χ3n) is 13.3. The summed E-state index contributed by atoms with van der Waals surface area (Å²) in [4.78, 5) is 33.8. The van der Waals surface area contributed by atoms with Gasteiger partial charge in [0.2, 0.25) is 11.8 Å². The van der Waals surface area contributed by atoms with Crippen molar-refractivity contribution in [3.63, 3.8) is 0 Å². The van der Waals surface area contributed by atoms with Crippen LogP contribution in [0.15, 0.2) is 103 Å². The van der Waals surface area contributed by atoms with E-state index in [9.17, 15) is 9.59 Å². The first-order valence-corrected chi connectivity index (χ1v) is 24.8. The van der Waals surface area contributed by atoms with Crippen LogP contribution >= 0.6 is 0 Å². The van der Waals surface area contributed by atoms with Crippen molar-refractivity contribution in [2.45, 2.75) is 164 Å². The van der Waals surface area contributed by atoms with Crippen molar-refractivity contribution in [1.82, 2.24) is 25.1 Å². The maximum Gasteiger partial charge on any atom is 0.234 e. The van der Waals surface area contributed by atoms with E-state index in [-0.39, 0.29) is 33.5 Å². The second kappa shape index (κ2) is 20.1. The molecule has 2 aliphatic rings. The van der Waals surface area contributed by atoms with Crippen LogP contribution in [0.25, 0.3) is 32.8 Å². The summed E-state index contributed by atoms with van der Waals surface area (Å²) in [6.07, 6.45) is 4.46. The van der Waals surface area contributed by atoms with Gasteiger partial charge in [-0.25, -0.2) is 4.98 Å². The SMILES string of the molecule is CC(C)(C)c1ccc2[nH]ncc2c1.CC(C)(C)c1ccc2c(c1)C(C)(C)C(=O)N2.CC(C)(C)c1ccc2c(c1)CC(=O)N2.Cc1c[nH]c2ccc(C(C)C)cc12.Cc1nc2ccc(C(C)(C)C)cc2[nH]1. The van der Waals surface area contributed by atoms with Crippen LogP contribution in [0.4, 0.5) is 11.4 Å². The van der Waals surface area contributed by atoms with Crippen LogP contribution in [0.3, 0.4) is 0 Å². The molecule has 0 spiro atoms. The summed E-state index contributed by atoms with van der Waals surface area (Å²) >= 11 is 0. The zero-order valence-electron chi connectivity index (χ0n) is 45.3. The number of imidazole rings is 1. The molecule has 0 radical (unpaired) electrons. The van der Waals surface area contributed by atoms with E-state index in [1.54, 1.807) is 0 Å². The van der Waals surface area contributed by atoms with Gasteiger partial charge >= 0.3 is 0 Å². The Kier molecular flexibility index (Phi) is 15.2. The van der Waals surface area contributed by atoms with Crippen LogP contribution < -0.4 is 10.6 Å². The number of nitrogens with zero attached hydrogens (tertiary/aromatic N) is 2. The first-order valence-electron chi connectivity index (χ1n) is 24.8. The summed E-state index contributed by atoms with van der Waals surface area (Å²) in [6, 6.07) is 32.0. The molecule has 9 nitrogen and oxygen atoms in total. The first kappa shape index (κ1) is 52.9. The highest BCUT2D eigenvalue weighted by Crippen LogP contribution is 2.40. The monoisotopic (exact) mass is 942 g/mol. The molecule has 0 bridgehead atoms. The molecular weight excluding hydrogens is 863 g/mol. The largest absolute Gasteiger partial charge is 0.361 e. The average molecular weight is 942 g/mol. The van der Waals surface area contributed by atoms with Crippen LogP contribution in [0, 0.1) is 13.8 Å². The van der Waals surface area contributed by atoms with Crippen molar-refractivity contribution in [3.05, 3.63) is 154 Å². The van der Waals surface area contributed by atoms with Gasteiger partial charge in [-0.05, 0) is 148 Å². The van der Waals surface area contributed by atoms with Gasteiger partial charge in [0.25, 0.3) is 0 Å². The zero-order chi connectivity index (χ0) is 51.7. The molecule has 0 saturated heterocycles. The number of rotatable bonds is 1. The molecule has 0 aliphatic carbocycles. The summed E-state index contributed by atoms with van der Waals surface area (Å²) in [6.45, 7) is 38.9. The lowest BCUT2D eigenvalue weighted by molar-refractivity contribution is -0.119. The van der Waals surface area contributed by atoms with Crippen molar-refractivity contribution in [2.75, 3.05) is 10.6 Å². The normalized spacial score (nSPS) is 14.0. The van der Waals surface area contributed by atoms with Crippen molar-refractivity contribution in [2.24, 2.45) is 0 Å². The lowest BCUT2D eigenvalue weighted by Gasteiger charge is -2.22.